The number of nitrogens with one attached hydrogen (secondary N) is 1. The number of amidine groups is 1. The lowest BCUT2D eigenvalue weighted by Crippen LogP contribution is -2.50. The highest BCUT2D eigenvalue weighted by Gasteiger charge is 2.47. The van der Waals surface area contributed by atoms with Crippen molar-refractivity contribution in [2.75, 3.05) is 13.7 Å². The Morgan fingerprint density at radius 2 is 2.14 bits per heavy atom. The number of hydrazone groups is 1. The van der Waals surface area contributed by atoms with Crippen molar-refractivity contribution < 1.29 is 4.39 Å². The predicted octanol–water partition coefficient (Wildman–Crippen LogP) is 3.46. The molecule has 0 radical (unpaired) electrons. The number of alkyl halides is 1. The van der Waals surface area contributed by atoms with Crippen LogP contribution >= 0.6 is 11.6 Å². The standard InChI is InChI=1S/C16H19ClFN3/c1-21-14(4-2-11-18)19-20-15(21)16(9-3-10-16)12-5-7-13(17)8-6-12/h2,4-8,14,19H,3,9-11H2,1H3/b4-2+. The summed E-state index contributed by atoms with van der Waals surface area (Å²) in [4.78, 5) is 2.10. The van der Waals surface area contributed by atoms with Gasteiger partial charge >= 0.3 is 0 Å². The second-order valence-corrected chi connectivity index (χ2v) is 6.08. The van der Waals surface area contributed by atoms with Crippen molar-refractivity contribution in [3.63, 3.8) is 0 Å². The number of rotatable bonds is 4. The van der Waals surface area contributed by atoms with E-state index in [1.54, 1.807) is 0 Å². The fraction of sp³-hybridized carbons (Fsp3) is 0.438. The Kier molecular flexibility index (Phi) is 3.89. The fourth-order valence-corrected chi connectivity index (χ4v) is 3.29. The van der Waals surface area contributed by atoms with E-state index in [9.17, 15) is 4.39 Å². The number of likely N-dealkylation sites (N-methyl/N-ethyl adjacent to an activating group) is 1. The van der Waals surface area contributed by atoms with Crippen LogP contribution in [0.4, 0.5) is 4.39 Å². The molecule has 0 saturated heterocycles. The molecule has 1 aromatic carbocycles. The zero-order chi connectivity index (χ0) is 14.9. The molecule has 21 heavy (non-hydrogen) atoms. The maximum Gasteiger partial charge on any atom is 0.137 e. The number of hydrogen-bond acceptors (Lipinski definition) is 3. The van der Waals surface area contributed by atoms with Crippen molar-refractivity contribution in [2.45, 2.75) is 30.8 Å². The van der Waals surface area contributed by atoms with Crippen LogP contribution in [0.1, 0.15) is 24.8 Å². The third-order valence-corrected chi connectivity index (χ3v) is 4.75. The molecule has 1 saturated carbocycles. The van der Waals surface area contributed by atoms with E-state index in [-0.39, 0.29) is 11.6 Å². The van der Waals surface area contributed by atoms with Crippen LogP contribution in [0.15, 0.2) is 41.5 Å². The van der Waals surface area contributed by atoms with Crippen molar-refractivity contribution >= 4 is 17.4 Å². The highest BCUT2D eigenvalue weighted by molar-refractivity contribution is 6.30. The van der Waals surface area contributed by atoms with Gasteiger partial charge in [-0.1, -0.05) is 36.2 Å². The van der Waals surface area contributed by atoms with Gasteiger partial charge in [-0.3, -0.25) is 5.43 Å². The highest BCUT2D eigenvalue weighted by atomic mass is 35.5. The monoisotopic (exact) mass is 307 g/mol. The van der Waals surface area contributed by atoms with Gasteiger partial charge in [-0.2, -0.15) is 5.10 Å². The molecule has 0 bridgehead atoms. The first kappa shape index (κ1) is 14.4. The summed E-state index contributed by atoms with van der Waals surface area (Å²) in [5, 5.41) is 5.28. The smallest absolute Gasteiger partial charge is 0.137 e. The Morgan fingerprint density at radius 3 is 2.71 bits per heavy atom. The van der Waals surface area contributed by atoms with Crippen LogP contribution in [0.5, 0.6) is 0 Å². The van der Waals surface area contributed by atoms with Crippen molar-refractivity contribution in [3.8, 4) is 0 Å². The van der Waals surface area contributed by atoms with Crippen LogP contribution in [0.2, 0.25) is 5.02 Å². The van der Waals surface area contributed by atoms with Crippen molar-refractivity contribution in [1.29, 1.82) is 0 Å². The van der Waals surface area contributed by atoms with Crippen LogP contribution in [0, 0.1) is 0 Å². The predicted molar refractivity (Wildman–Crippen MR) is 84.2 cm³/mol. The molecule has 5 heteroatoms. The topological polar surface area (TPSA) is 27.6 Å². The van der Waals surface area contributed by atoms with E-state index in [0.29, 0.717) is 0 Å². The summed E-state index contributed by atoms with van der Waals surface area (Å²) in [6.07, 6.45) is 6.62. The van der Waals surface area contributed by atoms with Gasteiger partial charge in [0.25, 0.3) is 0 Å². The van der Waals surface area contributed by atoms with Crippen LogP contribution < -0.4 is 5.43 Å². The zero-order valence-corrected chi connectivity index (χ0v) is 12.8. The van der Waals surface area contributed by atoms with E-state index in [0.717, 1.165) is 23.7 Å². The van der Waals surface area contributed by atoms with Gasteiger partial charge in [0.05, 0.1) is 5.41 Å². The lowest BCUT2D eigenvalue weighted by atomic mass is 9.63. The summed E-state index contributed by atoms with van der Waals surface area (Å²) in [6.45, 7) is -0.455. The van der Waals surface area contributed by atoms with E-state index in [1.807, 2.05) is 25.3 Å². The fourth-order valence-electron chi connectivity index (χ4n) is 3.16. The SMILES string of the molecule is CN1C(C2(c3ccc(Cl)cc3)CCC2)=NNC1/C=C/CF. The average Bonchev–Trinajstić information content (AvgIpc) is 2.80. The molecule has 1 aromatic rings. The van der Waals surface area contributed by atoms with Crippen molar-refractivity contribution in [3.05, 3.63) is 47.0 Å². The molecule has 3 rings (SSSR count). The average molecular weight is 308 g/mol. The van der Waals surface area contributed by atoms with Gasteiger partial charge < -0.3 is 4.90 Å². The summed E-state index contributed by atoms with van der Waals surface area (Å²) in [5.41, 5.74) is 4.29. The third kappa shape index (κ3) is 2.42. The second-order valence-electron chi connectivity index (χ2n) is 5.65. The summed E-state index contributed by atoms with van der Waals surface area (Å²) < 4.78 is 12.3. The van der Waals surface area contributed by atoms with Gasteiger partial charge in [0.15, 0.2) is 0 Å². The number of halogens is 2. The van der Waals surface area contributed by atoms with Crippen molar-refractivity contribution in [2.24, 2.45) is 5.10 Å². The molecule has 1 N–H and O–H groups in total. The van der Waals surface area contributed by atoms with E-state index < -0.39 is 6.67 Å². The lowest BCUT2D eigenvalue weighted by Gasteiger charge is -2.44. The molecule has 0 aromatic heterocycles. The number of benzene rings is 1. The number of hydrogen-bond donors (Lipinski definition) is 1. The molecule has 1 unspecified atom stereocenters. The molecular weight excluding hydrogens is 289 g/mol. The van der Waals surface area contributed by atoms with Crippen LogP contribution in [0.3, 0.4) is 0 Å². The molecule has 0 amide bonds. The maximum atomic E-state index is 12.3. The molecule has 1 atom stereocenters. The first-order valence-electron chi connectivity index (χ1n) is 7.22. The molecule has 3 nitrogen and oxygen atoms in total. The molecule has 1 aliphatic heterocycles. The molecule has 1 fully saturated rings. The van der Waals surface area contributed by atoms with Crippen molar-refractivity contribution in [1.82, 2.24) is 10.3 Å². The Balaban J connectivity index is 1.87. The number of allylic oxidation sites excluding steroid dienone is 1. The van der Waals surface area contributed by atoms with Gasteiger partial charge in [-0.05, 0) is 36.6 Å². The van der Waals surface area contributed by atoms with Crippen LogP contribution in [-0.4, -0.2) is 30.6 Å². The molecule has 112 valence electrons. The Hall–Kier alpha value is -1.55. The minimum Gasteiger partial charge on any atom is -0.336 e. The quantitative estimate of drug-likeness (QED) is 0.863. The van der Waals surface area contributed by atoms with E-state index in [4.69, 9.17) is 11.6 Å². The minimum atomic E-state index is -0.455. The molecular formula is C16H19ClFN3. The van der Waals surface area contributed by atoms with Crippen LogP contribution in [0.25, 0.3) is 0 Å². The Bertz CT molecular complexity index is 563. The van der Waals surface area contributed by atoms with Crippen LogP contribution in [-0.2, 0) is 5.41 Å². The number of nitrogens with zero attached hydrogens (tertiary/aromatic N) is 2. The van der Waals surface area contributed by atoms with E-state index in [2.05, 4.69) is 27.6 Å². The normalized spacial score (nSPS) is 23.9. The summed E-state index contributed by atoms with van der Waals surface area (Å²) in [5.74, 6) is 1.03. The first-order valence-corrected chi connectivity index (χ1v) is 7.60. The Morgan fingerprint density at radius 1 is 1.43 bits per heavy atom. The first-order chi connectivity index (χ1) is 10.2. The second kappa shape index (κ2) is 5.68. The largest absolute Gasteiger partial charge is 0.336 e. The maximum absolute atomic E-state index is 12.3. The van der Waals surface area contributed by atoms with Gasteiger partial charge in [-0.15, -0.1) is 0 Å². The molecule has 1 heterocycles. The minimum absolute atomic E-state index is 0.0371. The summed E-state index contributed by atoms with van der Waals surface area (Å²) in [7, 11) is 2.00. The summed E-state index contributed by atoms with van der Waals surface area (Å²) in [6, 6.07) is 8.03. The van der Waals surface area contributed by atoms with Gasteiger partial charge in [-0.25, -0.2) is 4.39 Å². The summed E-state index contributed by atoms with van der Waals surface area (Å²) >= 11 is 5.99. The third-order valence-electron chi connectivity index (χ3n) is 4.49. The molecule has 0 spiro atoms. The molecule has 2 aliphatic rings. The highest BCUT2D eigenvalue weighted by Crippen LogP contribution is 2.46. The Labute approximate surface area is 129 Å². The lowest BCUT2D eigenvalue weighted by molar-refractivity contribution is 0.299. The van der Waals surface area contributed by atoms with Gasteiger partial charge in [0.2, 0.25) is 0 Å². The van der Waals surface area contributed by atoms with E-state index in [1.165, 1.54) is 18.1 Å². The zero-order valence-electron chi connectivity index (χ0n) is 12.0. The van der Waals surface area contributed by atoms with Gasteiger partial charge in [0, 0.05) is 12.1 Å². The van der Waals surface area contributed by atoms with Gasteiger partial charge in [0.1, 0.15) is 18.7 Å². The molecule has 1 aliphatic carbocycles. The van der Waals surface area contributed by atoms with E-state index >= 15 is 0 Å².